The fraction of sp³-hybridized carbons (Fsp3) is 0.833. The summed E-state index contributed by atoms with van der Waals surface area (Å²) in [6.07, 6.45) is 5.56. The Balaban J connectivity index is 2.57. The Hall–Kier alpha value is -1.06. The number of hydrogen-bond donors (Lipinski definition) is 0. The molecule has 0 N–H and O–H groups in total. The first-order chi connectivity index (χ1) is 7.70. The Morgan fingerprint density at radius 3 is 2.31 bits per heavy atom. The normalized spacial score (nSPS) is 16.9. The third-order valence-electron chi connectivity index (χ3n) is 3.07. The van der Waals surface area contributed by atoms with Gasteiger partial charge in [-0.2, -0.15) is 0 Å². The summed E-state index contributed by atoms with van der Waals surface area (Å²) in [5.74, 6) is -1.19. The number of esters is 1. The predicted molar refractivity (Wildman–Crippen MR) is 60.9 cm³/mol. The standard InChI is InChI=1S/C12H21NO3/c1-3-13(10-8-6-5-7-9-10)11(14)12(15)16-4-2/h10H,3-9H2,1-2H3. The molecule has 1 amide bonds. The van der Waals surface area contributed by atoms with Gasteiger partial charge >= 0.3 is 11.9 Å². The van der Waals surface area contributed by atoms with E-state index in [-0.39, 0.29) is 12.6 Å². The maximum absolute atomic E-state index is 11.8. The zero-order valence-electron chi connectivity index (χ0n) is 10.2. The van der Waals surface area contributed by atoms with E-state index in [1.807, 2.05) is 6.92 Å². The van der Waals surface area contributed by atoms with Crippen LogP contribution < -0.4 is 0 Å². The number of carbonyl (C=O) groups excluding carboxylic acids is 2. The van der Waals surface area contributed by atoms with Gasteiger partial charge in [0, 0.05) is 12.6 Å². The minimum Gasteiger partial charge on any atom is -0.459 e. The second kappa shape index (κ2) is 6.51. The van der Waals surface area contributed by atoms with E-state index in [1.54, 1.807) is 11.8 Å². The van der Waals surface area contributed by atoms with Gasteiger partial charge in [-0.05, 0) is 26.7 Å². The molecule has 4 heteroatoms. The molecule has 1 fully saturated rings. The molecule has 1 rings (SSSR count). The first-order valence-electron chi connectivity index (χ1n) is 6.18. The molecule has 0 unspecified atom stereocenters. The van der Waals surface area contributed by atoms with E-state index < -0.39 is 11.9 Å². The second-order valence-electron chi connectivity index (χ2n) is 4.10. The largest absolute Gasteiger partial charge is 0.459 e. The molecule has 0 aliphatic heterocycles. The van der Waals surface area contributed by atoms with Crippen molar-refractivity contribution in [3.8, 4) is 0 Å². The minimum absolute atomic E-state index is 0.232. The molecule has 0 spiro atoms. The molecular weight excluding hydrogens is 206 g/mol. The van der Waals surface area contributed by atoms with Crippen LogP contribution in [0.25, 0.3) is 0 Å². The van der Waals surface area contributed by atoms with E-state index in [4.69, 9.17) is 4.74 Å². The molecule has 4 nitrogen and oxygen atoms in total. The van der Waals surface area contributed by atoms with Crippen molar-refractivity contribution in [2.24, 2.45) is 0 Å². The SMILES string of the molecule is CCOC(=O)C(=O)N(CC)C1CCCCC1. The van der Waals surface area contributed by atoms with Crippen LogP contribution in [0.2, 0.25) is 0 Å². The third-order valence-corrected chi connectivity index (χ3v) is 3.07. The van der Waals surface area contributed by atoms with E-state index >= 15 is 0 Å². The quantitative estimate of drug-likeness (QED) is 0.545. The van der Waals surface area contributed by atoms with Crippen LogP contribution in [0.4, 0.5) is 0 Å². The van der Waals surface area contributed by atoms with Gasteiger partial charge in [-0.15, -0.1) is 0 Å². The van der Waals surface area contributed by atoms with Crippen LogP contribution in [0.5, 0.6) is 0 Å². The van der Waals surface area contributed by atoms with Gasteiger partial charge in [0.15, 0.2) is 0 Å². The lowest BCUT2D eigenvalue weighted by atomic mass is 9.94. The van der Waals surface area contributed by atoms with Gasteiger partial charge in [0.25, 0.3) is 0 Å². The molecule has 1 aliphatic carbocycles. The molecular formula is C12H21NO3. The average Bonchev–Trinajstić information content (AvgIpc) is 2.31. The number of hydrogen-bond acceptors (Lipinski definition) is 3. The molecule has 0 bridgehead atoms. The van der Waals surface area contributed by atoms with Gasteiger partial charge in [0.2, 0.25) is 0 Å². The zero-order chi connectivity index (χ0) is 12.0. The number of nitrogens with zero attached hydrogens (tertiary/aromatic N) is 1. The van der Waals surface area contributed by atoms with E-state index in [2.05, 4.69) is 0 Å². The number of ether oxygens (including phenoxy) is 1. The van der Waals surface area contributed by atoms with Crippen LogP contribution >= 0.6 is 0 Å². The summed E-state index contributed by atoms with van der Waals surface area (Å²) in [5.41, 5.74) is 0. The van der Waals surface area contributed by atoms with E-state index in [9.17, 15) is 9.59 Å². The smallest absolute Gasteiger partial charge is 0.397 e. The Bertz CT molecular complexity index is 247. The highest BCUT2D eigenvalue weighted by Crippen LogP contribution is 2.22. The fourth-order valence-corrected chi connectivity index (χ4v) is 2.27. The van der Waals surface area contributed by atoms with Crippen molar-refractivity contribution in [3.63, 3.8) is 0 Å². The summed E-state index contributed by atoms with van der Waals surface area (Å²) >= 11 is 0. The lowest BCUT2D eigenvalue weighted by molar-refractivity contribution is -0.161. The average molecular weight is 227 g/mol. The summed E-state index contributed by atoms with van der Waals surface area (Å²) in [7, 11) is 0. The first kappa shape index (κ1) is 13.0. The predicted octanol–water partition coefficient (Wildman–Crippen LogP) is 1.73. The minimum atomic E-state index is -0.713. The topological polar surface area (TPSA) is 46.6 Å². The lowest BCUT2D eigenvalue weighted by Crippen LogP contribution is -2.45. The molecule has 0 saturated heterocycles. The molecule has 0 aromatic carbocycles. The van der Waals surface area contributed by atoms with Crippen molar-refractivity contribution in [2.45, 2.75) is 52.0 Å². The number of likely N-dealkylation sites (N-methyl/N-ethyl adjacent to an activating group) is 1. The molecule has 0 aromatic heterocycles. The van der Waals surface area contributed by atoms with E-state index in [0.29, 0.717) is 6.54 Å². The van der Waals surface area contributed by atoms with Gasteiger partial charge in [-0.3, -0.25) is 4.79 Å². The highest BCUT2D eigenvalue weighted by atomic mass is 16.5. The Kier molecular flexibility index (Phi) is 5.29. The molecule has 0 heterocycles. The maximum atomic E-state index is 11.8. The highest BCUT2D eigenvalue weighted by Gasteiger charge is 2.29. The highest BCUT2D eigenvalue weighted by molar-refractivity contribution is 6.32. The Morgan fingerprint density at radius 2 is 1.81 bits per heavy atom. The van der Waals surface area contributed by atoms with Crippen LogP contribution in [-0.2, 0) is 14.3 Å². The number of rotatable bonds is 3. The van der Waals surface area contributed by atoms with Crippen LogP contribution in [0.15, 0.2) is 0 Å². The van der Waals surface area contributed by atoms with Crippen molar-refractivity contribution in [3.05, 3.63) is 0 Å². The van der Waals surface area contributed by atoms with E-state index in [1.165, 1.54) is 6.42 Å². The van der Waals surface area contributed by atoms with Crippen LogP contribution in [-0.4, -0.2) is 36.0 Å². The lowest BCUT2D eigenvalue weighted by Gasteiger charge is -2.32. The second-order valence-corrected chi connectivity index (χ2v) is 4.10. The summed E-state index contributed by atoms with van der Waals surface area (Å²) in [4.78, 5) is 24.9. The Labute approximate surface area is 96.9 Å². The van der Waals surface area contributed by atoms with Crippen molar-refractivity contribution in [1.29, 1.82) is 0 Å². The monoisotopic (exact) mass is 227 g/mol. The third kappa shape index (κ3) is 3.22. The van der Waals surface area contributed by atoms with Gasteiger partial charge in [-0.25, -0.2) is 4.79 Å². The van der Waals surface area contributed by atoms with Crippen LogP contribution in [0.3, 0.4) is 0 Å². The molecule has 0 aromatic rings. The molecule has 0 atom stereocenters. The molecule has 1 saturated carbocycles. The number of carbonyl (C=O) groups is 2. The maximum Gasteiger partial charge on any atom is 0.397 e. The molecule has 16 heavy (non-hydrogen) atoms. The summed E-state index contributed by atoms with van der Waals surface area (Å²) in [6.45, 7) is 4.46. The van der Waals surface area contributed by atoms with Gasteiger partial charge in [-0.1, -0.05) is 19.3 Å². The van der Waals surface area contributed by atoms with Crippen molar-refractivity contribution < 1.29 is 14.3 Å². The Morgan fingerprint density at radius 1 is 1.19 bits per heavy atom. The van der Waals surface area contributed by atoms with Crippen molar-refractivity contribution in [2.75, 3.05) is 13.2 Å². The number of amides is 1. The molecule has 92 valence electrons. The van der Waals surface area contributed by atoms with Crippen LogP contribution in [0, 0.1) is 0 Å². The fourth-order valence-electron chi connectivity index (χ4n) is 2.27. The van der Waals surface area contributed by atoms with E-state index in [0.717, 1.165) is 25.7 Å². The van der Waals surface area contributed by atoms with Gasteiger partial charge in [0.05, 0.1) is 6.61 Å². The zero-order valence-corrected chi connectivity index (χ0v) is 10.2. The molecule has 1 aliphatic rings. The van der Waals surface area contributed by atoms with Gasteiger partial charge in [0.1, 0.15) is 0 Å². The van der Waals surface area contributed by atoms with Crippen molar-refractivity contribution >= 4 is 11.9 Å². The molecule has 0 radical (unpaired) electrons. The summed E-state index contributed by atoms with van der Waals surface area (Å²) in [6, 6.07) is 0.232. The first-order valence-corrected chi connectivity index (χ1v) is 6.18. The van der Waals surface area contributed by atoms with Crippen molar-refractivity contribution in [1.82, 2.24) is 4.90 Å². The summed E-state index contributed by atoms with van der Waals surface area (Å²) < 4.78 is 4.75. The van der Waals surface area contributed by atoms with Gasteiger partial charge < -0.3 is 9.64 Å². The van der Waals surface area contributed by atoms with Crippen LogP contribution in [0.1, 0.15) is 46.0 Å². The summed E-state index contributed by atoms with van der Waals surface area (Å²) in [5, 5.41) is 0.